The number of hydrogen-bond acceptors (Lipinski definition) is 3. The van der Waals surface area contributed by atoms with Crippen molar-refractivity contribution >= 4 is 16.3 Å². The van der Waals surface area contributed by atoms with Crippen molar-refractivity contribution in [1.82, 2.24) is 9.38 Å². The van der Waals surface area contributed by atoms with Gasteiger partial charge < -0.3 is 5.73 Å². The quantitative estimate of drug-likeness (QED) is 0.839. The van der Waals surface area contributed by atoms with Gasteiger partial charge in [0, 0.05) is 16.8 Å². The van der Waals surface area contributed by atoms with Gasteiger partial charge in [0.05, 0.1) is 5.69 Å². The lowest BCUT2D eigenvalue weighted by atomic mass is 10.2. The first kappa shape index (κ1) is 9.68. The van der Waals surface area contributed by atoms with Crippen molar-refractivity contribution in [2.45, 2.75) is 26.7 Å². The third kappa shape index (κ3) is 1.44. The summed E-state index contributed by atoms with van der Waals surface area (Å²) in [6, 6.07) is 0. The minimum absolute atomic E-state index is 0.754. The zero-order valence-corrected chi connectivity index (χ0v) is 9.40. The SMILES string of the molecule is Cc1nc2scc(CCCN)n2c1C. The standard InChI is InChI=1S/C10H15N3S/c1-7-8(2)13-9(4-3-5-11)6-14-10(13)12-7/h6H,3-5,11H2,1-2H3. The number of aryl methyl sites for hydroxylation is 3. The number of aromatic nitrogens is 2. The van der Waals surface area contributed by atoms with Crippen LogP contribution in [0.5, 0.6) is 0 Å². The second kappa shape index (κ2) is 3.71. The van der Waals surface area contributed by atoms with Crippen LogP contribution < -0.4 is 5.73 Å². The van der Waals surface area contributed by atoms with Crippen LogP contribution in [0.25, 0.3) is 4.96 Å². The van der Waals surface area contributed by atoms with Gasteiger partial charge in [-0.3, -0.25) is 4.40 Å². The van der Waals surface area contributed by atoms with E-state index in [0.29, 0.717) is 0 Å². The molecule has 0 aliphatic rings. The Morgan fingerprint density at radius 3 is 3.00 bits per heavy atom. The lowest BCUT2D eigenvalue weighted by molar-refractivity contribution is 0.798. The van der Waals surface area contributed by atoms with E-state index in [4.69, 9.17) is 5.73 Å². The van der Waals surface area contributed by atoms with Crippen LogP contribution in [0, 0.1) is 13.8 Å². The molecule has 0 bridgehead atoms. The second-order valence-corrected chi connectivity index (χ2v) is 4.36. The number of rotatable bonds is 3. The Morgan fingerprint density at radius 2 is 2.29 bits per heavy atom. The largest absolute Gasteiger partial charge is 0.330 e. The van der Waals surface area contributed by atoms with E-state index < -0.39 is 0 Å². The Balaban J connectivity index is 2.44. The zero-order chi connectivity index (χ0) is 10.1. The van der Waals surface area contributed by atoms with Crippen molar-refractivity contribution in [1.29, 1.82) is 0 Å². The molecule has 0 aliphatic carbocycles. The molecule has 0 aliphatic heterocycles. The van der Waals surface area contributed by atoms with Gasteiger partial charge in [0.2, 0.25) is 0 Å². The van der Waals surface area contributed by atoms with E-state index >= 15 is 0 Å². The number of fused-ring (bicyclic) bond motifs is 1. The minimum Gasteiger partial charge on any atom is -0.330 e. The van der Waals surface area contributed by atoms with Crippen LogP contribution in [0.2, 0.25) is 0 Å². The van der Waals surface area contributed by atoms with Gasteiger partial charge >= 0.3 is 0 Å². The van der Waals surface area contributed by atoms with Crippen molar-refractivity contribution in [2.75, 3.05) is 6.54 Å². The molecule has 0 radical (unpaired) electrons. The number of nitrogens with two attached hydrogens (primary N) is 1. The fraction of sp³-hybridized carbons (Fsp3) is 0.500. The van der Waals surface area contributed by atoms with E-state index in [0.717, 1.165) is 30.0 Å². The maximum atomic E-state index is 5.51. The average molecular weight is 209 g/mol. The summed E-state index contributed by atoms with van der Waals surface area (Å²) in [6.07, 6.45) is 2.09. The smallest absolute Gasteiger partial charge is 0.194 e. The third-order valence-corrected chi connectivity index (χ3v) is 3.41. The summed E-state index contributed by atoms with van der Waals surface area (Å²) in [6.45, 7) is 4.93. The summed E-state index contributed by atoms with van der Waals surface area (Å²) in [4.78, 5) is 5.60. The highest BCUT2D eigenvalue weighted by Crippen LogP contribution is 2.20. The number of nitrogens with zero attached hydrogens (tertiary/aromatic N) is 2. The Hall–Kier alpha value is -0.870. The average Bonchev–Trinajstić information content (AvgIpc) is 2.67. The highest BCUT2D eigenvalue weighted by atomic mass is 32.1. The van der Waals surface area contributed by atoms with Gasteiger partial charge in [0.1, 0.15) is 0 Å². The van der Waals surface area contributed by atoms with Gasteiger partial charge in [-0.2, -0.15) is 0 Å². The van der Waals surface area contributed by atoms with Gasteiger partial charge in [0.25, 0.3) is 0 Å². The van der Waals surface area contributed by atoms with Crippen LogP contribution in [-0.4, -0.2) is 15.9 Å². The Morgan fingerprint density at radius 1 is 1.50 bits per heavy atom. The van der Waals surface area contributed by atoms with E-state index in [1.165, 1.54) is 11.4 Å². The number of thiazole rings is 1. The molecule has 14 heavy (non-hydrogen) atoms. The molecule has 2 heterocycles. The molecule has 4 heteroatoms. The van der Waals surface area contributed by atoms with Crippen LogP contribution in [0.1, 0.15) is 23.5 Å². The minimum atomic E-state index is 0.754. The molecular weight excluding hydrogens is 194 g/mol. The van der Waals surface area contributed by atoms with Crippen LogP contribution in [0.4, 0.5) is 0 Å². The molecule has 0 spiro atoms. The summed E-state index contributed by atoms with van der Waals surface area (Å²) >= 11 is 1.71. The summed E-state index contributed by atoms with van der Waals surface area (Å²) in [5, 5.41) is 2.18. The Bertz CT molecular complexity index is 441. The molecule has 76 valence electrons. The molecule has 3 nitrogen and oxygen atoms in total. The van der Waals surface area contributed by atoms with Crippen molar-refractivity contribution in [3.8, 4) is 0 Å². The molecule has 0 atom stereocenters. The highest BCUT2D eigenvalue weighted by Gasteiger charge is 2.09. The first-order valence-electron chi connectivity index (χ1n) is 4.86. The molecule has 0 saturated carbocycles. The molecule has 0 aromatic carbocycles. The molecule has 0 saturated heterocycles. The first-order chi connectivity index (χ1) is 6.74. The van der Waals surface area contributed by atoms with Crippen LogP contribution in [-0.2, 0) is 6.42 Å². The van der Waals surface area contributed by atoms with Gasteiger partial charge in [-0.15, -0.1) is 11.3 Å². The normalized spacial score (nSPS) is 11.4. The molecule has 2 N–H and O–H groups in total. The lowest BCUT2D eigenvalue weighted by Gasteiger charge is -1.99. The molecule has 2 aromatic heterocycles. The van der Waals surface area contributed by atoms with Crippen molar-refractivity contribution in [3.63, 3.8) is 0 Å². The zero-order valence-electron chi connectivity index (χ0n) is 8.58. The van der Waals surface area contributed by atoms with Crippen molar-refractivity contribution < 1.29 is 0 Å². The van der Waals surface area contributed by atoms with E-state index in [-0.39, 0.29) is 0 Å². The number of hydrogen-bond donors (Lipinski definition) is 1. The second-order valence-electron chi connectivity index (χ2n) is 3.52. The summed E-state index contributed by atoms with van der Waals surface area (Å²) in [5.41, 5.74) is 9.24. The predicted molar refractivity (Wildman–Crippen MR) is 59.9 cm³/mol. The summed E-state index contributed by atoms with van der Waals surface area (Å²) in [7, 11) is 0. The maximum absolute atomic E-state index is 5.51. The Kier molecular flexibility index (Phi) is 2.56. The molecule has 0 amide bonds. The highest BCUT2D eigenvalue weighted by molar-refractivity contribution is 7.15. The van der Waals surface area contributed by atoms with Crippen molar-refractivity contribution in [3.05, 3.63) is 22.5 Å². The molecule has 0 fully saturated rings. The monoisotopic (exact) mass is 209 g/mol. The van der Waals surface area contributed by atoms with E-state index in [2.05, 4.69) is 28.6 Å². The molecule has 2 rings (SSSR count). The first-order valence-corrected chi connectivity index (χ1v) is 5.74. The number of imidazole rings is 1. The predicted octanol–water partition coefficient (Wildman–Crippen LogP) is 1.90. The topological polar surface area (TPSA) is 43.3 Å². The van der Waals surface area contributed by atoms with Crippen LogP contribution >= 0.6 is 11.3 Å². The van der Waals surface area contributed by atoms with Gasteiger partial charge in [-0.25, -0.2) is 4.98 Å². The lowest BCUT2D eigenvalue weighted by Crippen LogP contribution is -2.02. The molecule has 0 unspecified atom stereocenters. The van der Waals surface area contributed by atoms with Crippen LogP contribution in [0.15, 0.2) is 5.38 Å². The third-order valence-electron chi connectivity index (χ3n) is 2.54. The van der Waals surface area contributed by atoms with Gasteiger partial charge in [-0.1, -0.05) is 0 Å². The fourth-order valence-corrected chi connectivity index (χ4v) is 2.64. The summed E-state index contributed by atoms with van der Waals surface area (Å²) in [5.74, 6) is 0. The van der Waals surface area contributed by atoms with Gasteiger partial charge in [-0.05, 0) is 33.2 Å². The van der Waals surface area contributed by atoms with Crippen LogP contribution in [0.3, 0.4) is 0 Å². The summed E-state index contributed by atoms with van der Waals surface area (Å²) < 4.78 is 2.25. The maximum Gasteiger partial charge on any atom is 0.194 e. The van der Waals surface area contributed by atoms with Gasteiger partial charge in [0.15, 0.2) is 4.96 Å². The molecule has 2 aromatic rings. The van der Waals surface area contributed by atoms with E-state index in [9.17, 15) is 0 Å². The van der Waals surface area contributed by atoms with E-state index in [1.54, 1.807) is 11.3 Å². The fourth-order valence-electron chi connectivity index (χ4n) is 1.62. The molecular formula is C10H15N3S. The van der Waals surface area contributed by atoms with E-state index in [1.807, 2.05) is 0 Å². The Labute approximate surface area is 87.6 Å². The van der Waals surface area contributed by atoms with Crippen molar-refractivity contribution in [2.24, 2.45) is 5.73 Å².